The molecule has 3 rings (SSSR count). The van der Waals surface area contributed by atoms with E-state index in [1.165, 1.54) is 32.4 Å². The maximum Gasteiger partial charge on any atom is 0.356 e. The van der Waals surface area contributed by atoms with E-state index in [9.17, 15) is 9.90 Å². The average molecular weight is 275 g/mol. The number of aromatic nitrogens is 1. The SMILES string of the molecule is O=C(O)c1ncccc1N1CCC(N2CCCCC2)C1. The zero-order valence-corrected chi connectivity index (χ0v) is 11.7. The molecular formula is C15H21N3O2. The maximum absolute atomic E-state index is 11.3. The van der Waals surface area contributed by atoms with Gasteiger partial charge >= 0.3 is 5.97 Å². The summed E-state index contributed by atoms with van der Waals surface area (Å²) in [5.74, 6) is -0.943. The minimum Gasteiger partial charge on any atom is -0.476 e. The second-order valence-corrected chi connectivity index (χ2v) is 5.66. The lowest BCUT2D eigenvalue weighted by Crippen LogP contribution is -2.41. The molecule has 5 heteroatoms. The number of hydrogen-bond acceptors (Lipinski definition) is 4. The molecule has 0 saturated carbocycles. The predicted molar refractivity (Wildman–Crippen MR) is 77.2 cm³/mol. The molecule has 0 radical (unpaired) electrons. The zero-order chi connectivity index (χ0) is 13.9. The quantitative estimate of drug-likeness (QED) is 0.912. The molecule has 108 valence electrons. The van der Waals surface area contributed by atoms with Gasteiger partial charge < -0.3 is 10.0 Å². The number of piperidine rings is 1. The van der Waals surface area contributed by atoms with Crippen molar-refractivity contribution in [2.24, 2.45) is 0 Å². The van der Waals surface area contributed by atoms with Gasteiger partial charge in [-0.15, -0.1) is 0 Å². The first-order valence-electron chi connectivity index (χ1n) is 7.43. The number of nitrogens with zero attached hydrogens (tertiary/aromatic N) is 3. The highest BCUT2D eigenvalue weighted by Crippen LogP contribution is 2.26. The van der Waals surface area contributed by atoms with Gasteiger partial charge in [-0.05, 0) is 44.5 Å². The van der Waals surface area contributed by atoms with Crippen LogP contribution in [0.1, 0.15) is 36.2 Å². The molecule has 0 spiro atoms. The Hall–Kier alpha value is -1.62. The molecule has 1 atom stereocenters. The van der Waals surface area contributed by atoms with Crippen LogP contribution in [0.4, 0.5) is 5.69 Å². The molecule has 0 aliphatic carbocycles. The lowest BCUT2D eigenvalue weighted by molar-refractivity contribution is 0.0691. The van der Waals surface area contributed by atoms with E-state index >= 15 is 0 Å². The van der Waals surface area contributed by atoms with Gasteiger partial charge in [-0.25, -0.2) is 9.78 Å². The van der Waals surface area contributed by atoms with Crippen molar-refractivity contribution in [3.05, 3.63) is 24.0 Å². The summed E-state index contributed by atoms with van der Waals surface area (Å²) in [6.07, 6.45) is 6.60. The van der Waals surface area contributed by atoms with Crippen LogP contribution in [0.5, 0.6) is 0 Å². The van der Waals surface area contributed by atoms with Crippen molar-refractivity contribution in [3.63, 3.8) is 0 Å². The van der Waals surface area contributed by atoms with E-state index in [2.05, 4.69) is 14.8 Å². The highest BCUT2D eigenvalue weighted by atomic mass is 16.4. The lowest BCUT2D eigenvalue weighted by atomic mass is 10.1. The van der Waals surface area contributed by atoms with Crippen LogP contribution in [0.2, 0.25) is 0 Å². The molecule has 0 amide bonds. The standard InChI is InChI=1S/C15H21N3O2/c19-15(20)14-13(5-4-7-16-14)18-10-6-12(11-18)17-8-2-1-3-9-17/h4-5,7,12H,1-3,6,8-11H2,(H,19,20). The van der Waals surface area contributed by atoms with Gasteiger partial charge in [-0.2, -0.15) is 0 Å². The van der Waals surface area contributed by atoms with Gasteiger partial charge in [0, 0.05) is 25.3 Å². The van der Waals surface area contributed by atoms with Crippen molar-refractivity contribution in [2.45, 2.75) is 31.7 Å². The van der Waals surface area contributed by atoms with Crippen LogP contribution in [0.15, 0.2) is 18.3 Å². The molecule has 0 aromatic carbocycles. The number of carboxylic acids is 1. The Balaban J connectivity index is 1.72. The topological polar surface area (TPSA) is 56.7 Å². The Bertz CT molecular complexity index is 486. The minimum absolute atomic E-state index is 0.173. The lowest BCUT2D eigenvalue weighted by Gasteiger charge is -2.32. The monoisotopic (exact) mass is 275 g/mol. The van der Waals surface area contributed by atoms with Crippen LogP contribution >= 0.6 is 0 Å². The normalized spacial score (nSPS) is 24.0. The van der Waals surface area contributed by atoms with E-state index in [1.54, 1.807) is 6.20 Å². The summed E-state index contributed by atoms with van der Waals surface area (Å²) in [6, 6.07) is 4.25. The number of likely N-dealkylation sites (tertiary alicyclic amines) is 1. The smallest absolute Gasteiger partial charge is 0.356 e. The van der Waals surface area contributed by atoms with Gasteiger partial charge in [0.15, 0.2) is 5.69 Å². The summed E-state index contributed by atoms with van der Waals surface area (Å²) in [5, 5.41) is 9.24. The van der Waals surface area contributed by atoms with Crippen LogP contribution in [0, 0.1) is 0 Å². The van der Waals surface area contributed by atoms with Crippen molar-refractivity contribution in [1.82, 2.24) is 9.88 Å². The molecular weight excluding hydrogens is 254 g/mol. The van der Waals surface area contributed by atoms with Gasteiger partial charge in [-0.1, -0.05) is 6.42 Å². The van der Waals surface area contributed by atoms with E-state index in [-0.39, 0.29) is 5.69 Å². The van der Waals surface area contributed by atoms with Gasteiger partial charge in [-0.3, -0.25) is 4.90 Å². The second-order valence-electron chi connectivity index (χ2n) is 5.66. The molecule has 20 heavy (non-hydrogen) atoms. The number of hydrogen-bond donors (Lipinski definition) is 1. The summed E-state index contributed by atoms with van der Waals surface area (Å²) < 4.78 is 0. The average Bonchev–Trinajstić information content (AvgIpc) is 2.98. The maximum atomic E-state index is 11.3. The number of aromatic carboxylic acids is 1. The van der Waals surface area contributed by atoms with Gasteiger partial charge in [0.1, 0.15) is 0 Å². The Labute approximate surface area is 119 Å². The minimum atomic E-state index is -0.943. The Kier molecular flexibility index (Phi) is 3.87. The first kappa shape index (κ1) is 13.4. The van der Waals surface area contributed by atoms with Crippen LogP contribution < -0.4 is 4.90 Å². The van der Waals surface area contributed by atoms with E-state index in [1.807, 2.05) is 12.1 Å². The molecule has 1 aromatic heterocycles. The fourth-order valence-electron chi connectivity index (χ4n) is 3.36. The Morgan fingerprint density at radius 2 is 2.05 bits per heavy atom. The third-order valence-corrected chi connectivity index (χ3v) is 4.40. The highest BCUT2D eigenvalue weighted by Gasteiger charge is 2.30. The van der Waals surface area contributed by atoms with Crippen molar-refractivity contribution in [3.8, 4) is 0 Å². The molecule has 2 saturated heterocycles. The van der Waals surface area contributed by atoms with Gasteiger partial charge in [0.05, 0.1) is 5.69 Å². The molecule has 1 unspecified atom stereocenters. The Morgan fingerprint density at radius 1 is 1.25 bits per heavy atom. The molecule has 0 bridgehead atoms. The van der Waals surface area contributed by atoms with Gasteiger partial charge in [0.25, 0.3) is 0 Å². The predicted octanol–water partition coefficient (Wildman–Crippen LogP) is 1.84. The van der Waals surface area contributed by atoms with Gasteiger partial charge in [0.2, 0.25) is 0 Å². The van der Waals surface area contributed by atoms with Crippen LogP contribution in [-0.4, -0.2) is 53.2 Å². The number of rotatable bonds is 3. The zero-order valence-electron chi connectivity index (χ0n) is 11.7. The third kappa shape index (κ3) is 2.63. The first-order chi connectivity index (χ1) is 9.75. The molecule has 1 N–H and O–H groups in total. The fourth-order valence-corrected chi connectivity index (χ4v) is 3.36. The summed E-state index contributed by atoms with van der Waals surface area (Å²) in [5.41, 5.74) is 0.936. The number of carboxylic acid groups (broad SMARTS) is 1. The molecule has 2 aliphatic rings. The van der Waals surface area contributed by atoms with Crippen LogP contribution in [0.25, 0.3) is 0 Å². The molecule has 5 nitrogen and oxygen atoms in total. The van der Waals surface area contributed by atoms with Crippen LogP contribution in [0.3, 0.4) is 0 Å². The number of anilines is 1. The van der Waals surface area contributed by atoms with E-state index < -0.39 is 5.97 Å². The van der Waals surface area contributed by atoms with E-state index in [4.69, 9.17) is 0 Å². The number of carbonyl (C=O) groups is 1. The molecule has 2 aliphatic heterocycles. The largest absolute Gasteiger partial charge is 0.476 e. The molecule has 1 aromatic rings. The fraction of sp³-hybridized carbons (Fsp3) is 0.600. The summed E-state index contributed by atoms with van der Waals surface area (Å²) in [4.78, 5) is 20.0. The Morgan fingerprint density at radius 3 is 2.80 bits per heavy atom. The van der Waals surface area contributed by atoms with Crippen molar-refractivity contribution < 1.29 is 9.90 Å². The van der Waals surface area contributed by atoms with Crippen LogP contribution in [-0.2, 0) is 0 Å². The third-order valence-electron chi connectivity index (χ3n) is 4.40. The summed E-state index contributed by atoms with van der Waals surface area (Å²) in [6.45, 7) is 4.23. The highest BCUT2D eigenvalue weighted by molar-refractivity contribution is 5.92. The van der Waals surface area contributed by atoms with Crippen molar-refractivity contribution >= 4 is 11.7 Å². The van der Waals surface area contributed by atoms with E-state index in [0.717, 1.165) is 25.2 Å². The number of pyridine rings is 1. The first-order valence-corrected chi connectivity index (χ1v) is 7.43. The van der Waals surface area contributed by atoms with Crippen molar-refractivity contribution in [1.29, 1.82) is 0 Å². The second kappa shape index (κ2) is 5.79. The molecule has 3 heterocycles. The van der Waals surface area contributed by atoms with Crippen molar-refractivity contribution in [2.75, 3.05) is 31.1 Å². The summed E-state index contributed by atoms with van der Waals surface area (Å²) >= 11 is 0. The van der Waals surface area contributed by atoms with E-state index in [0.29, 0.717) is 6.04 Å². The molecule has 2 fully saturated rings. The summed E-state index contributed by atoms with van der Waals surface area (Å²) in [7, 11) is 0.